The SMILES string of the molecule is C=C[C@H](NC(=O)OCC1c2ccccc2-c2ccccc21)C(=O)NCCCCCC(=O)NC(COC/C(N)=C/N(N)CCOCCOCCOCCOC[C@@]12CO[C@@H](O1)[C@H](NC(C)=O)[C@H]1OC(C)(C)O[C@H]12)(COC/C(N)=C/N(N)CCOCCOCCOCCOC[C@@]12CO[C@@H](O1)[C@H](NC(C)=O)[C@H]1OC(C)(C)O[C@H]12)COCc1cn(CCOCCOCCOCCOC[C@@]23CO[C@@H](O2)[C@H](NC(C)=O)[C@H]2OC(C)(C)O[C@H]23)nn1. The molecule has 3 aromatic rings. The lowest BCUT2D eigenvalue weighted by Gasteiger charge is -2.42. The van der Waals surface area contributed by atoms with Crippen LogP contribution < -0.4 is 55.1 Å². The van der Waals surface area contributed by atoms with Crippen molar-refractivity contribution in [2.24, 2.45) is 23.2 Å². The zero-order chi connectivity index (χ0) is 104. The number of nitrogens with two attached hydrogens (primary N) is 4. The molecule has 147 heavy (non-hydrogen) atoms. The van der Waals surface area contributed by atoms with Crippen LogP contribution >= 0.6 is 0 Å². The number of ether oxygens (including phenoxy) is 28. The Labute approximate surface area is 856 Å². The van der Waals surface area contributed by atoms with Crippen molar-refractivity contribution in [2.75, 3.05) is 238 Å². The number of benzene rings is 2. The van der Waals surface area contributed by atoms with Gasteiger partial charge in [-0.05, 0) is 76.6 Å². The lowest BCUT2D eigenvalue weighted by molar-refractivity contribution is -0.214. The van der Waals surface area contributed by atoms with E-state index in [1.54, 1.807) is 10.9 Å². The highest BCUT2D eigenvalue weighted by Crippen LogP contribution is 2.51. The van der Waals surface area contributed by atoms with Gasteiger partial charge in [0.25, 0.3) is 0 Å². The summed E-state index contributed by atoms with van der Waals surface area (Å²) in [5, 5.41) is 28.7. The Morgan fingerprint density at radius 1 is 0.490 bits per heavy atom. The molecule has 9 saturated heterocycles. The number of carbonyl (C=O) groups is 6. The second-order valence-electron chi connectivity index (χ2n) is 38.9. The molecule has 0 unspecified atom stereocenters. The zero-order valence-electron chi connectivity index (χ0n) is 85.8. The molecule has 16 atom stereocenters. The van der Waals surface area contributed by atoms with Crippen LogP contribution in [0.25, 0.3) is 11.1 Å². The minimum absolute atomic E-state index is 0.0311. The van der Waals surface area contributed by atoms with Crippen molar-refractivity contribution in [2.45, 2.75) is 226 Å². The second-order valence-corrected chi connectivity index (χ2v) is 38.9. The first-order valence-corrected chi connectivity index (χ1v) is 50.4. The normalized spacial score (nSPS) is 26.4. The third-order valence-electron chi connectivity index (χ3n) is 25.5. The van der Waals surface area contributed by atoms with Crippen molar-refractivity contribution in [3.05, 3.63) is 108 Å². The number of carbonyl (C=O) groups excluding carboxylic acids is 6. The maximum atomic E-state index is 14.4. The van der Waals surface area contributed by atoms with Crippen molar-refractivity contribution in [3.8, 4) is 11.1 Å². The molecule has 49 heteroatoms. The van der Waals surface area contributed by atoms with E-state index in [4.69, 9.17) is 156 Å². The van der Waals surface area contributed by atoms with Gasteiger partial charge in [0.15, 0.2) is 36.2 Å². The number of alkyl carbamates (subject to hydrolysis) is 1. The molecule has 10 heterocycles. The molecule has 0 spiro atoms. The number of nitrogens with one attached hydrogen (secondary N) is 6. The average molecular weight is 2090 g/mol. The molecule has 0 saturated carbocycles. The number of unbranched alkanes of at least 4 members (excludes halogenated alkanes) is 2. The van der Waals surface area contributed by atoms with Crippen LogP contribution in [0.3, 0.4) is 0 Å². The van der Waals surface area contributed by atoms with Crippen LogP contribution in [0, 0.1) is 0 Å². The molecular formula is C98H153N15O34. The van der Waals surface area contributed by atoms with Crippen molar-refractivity contribution in [3.63, 3.8) is 0 Å². The van der Waals surface area contributed by atoms with Gasteiger partial charge in [-0.2, -0.15) is 0 Å². The number of hydrogen-bond acceptors (Lipinski definition) is 42. The molecule has 2 aromatic carbocycles. The molecule has 13 rings (SSSR count). The summed E-state index contributed by atoms with van der Waals surface area (Å²) in [4.78, 5) is 77.2. The number of aromatic nitrogens is 3. The Hall–Kier alpha value is -8.54. The molecule has 14 N–H and O–H groups in total. The van der Waals surface area contributed by atoms with Gasteiger partial charge in [-0.15, -0.1) is 11.7 Å². The summed E-state index contributed by atoms with van der Waals surface area (Å²) in [6.07, 6.45) is 1.52. The summed E-state index contributed by atoms with van der Waals surface area (Å²) in [6.45, 7) is 26.2. The van der Waals surface area contributed by atoms with Gasteiger partial charge in [-0.1, -0.05) is 66.2 Å². The van der Waals surface area contributed by atoms with Crippen LogP contribution in [0.1, 0.15) is 111 Å². The molecule has 6 amide bonds. The zero-order valence-corrected chi connectivity index (χ0v) is 85.8. The molecule has 6 bridgehead atoms. The molecule has 0 radical (unpaired) electrons. The highest BCUT2D eigenvalue weighted by Gasteiger charge is 2.69. The first-order chi connectivity index (χ1) is 70.8. The number of hydrazine groups is 2. The van der Waals surface area contributed by atoms with Crippen LogP contribution in [-0.2, 0) is 170 Å². The Morgan fingerprint density at radius 3 is 1.27 bits per heavy atom. The van der Waals surface area contributed by atoms with E-state index in [1.165, 1.54) is 49.3 Å². The lowest BCUT2D eigenvalue weighted by Crippen LogP contribution is -2.65. The first-order valence-electron chi connectivity index (χ1n) is 50.4. The highest BCUT2D eigenvalue weighted by molar-refractivity contribution is 5.87. The Balaban J connectivity index is 0.554. The molecular weight excluding hydrogens is 1930 g/mol. The van der Waals surface area contributed by atoms with Crippen molar-refractivity contribution >= 4 is 35.6 Å². The van der Waals surface area contributed by atoms with Crippen molar-refractivity contribution in [1.29, 1.82) is 0 Å². The van der Waals surface area contributed by atoms with Gasteiger partial charge in [0.2, 0.25) is 29.5 Å². The Bertz CT molecular complexity index is 4530. The lowest BCUT2D eigenvalue weighted by atomic mass is 9.88. The monoisotopic (exact) mass is 2080 g/mol. The van der Waals surface area contributed by atoms with Crippen LogP contribution in [0.4, 0.5) is 4.79 Å². The van der Waals surface area contributed by atoms with Crippen molar-refractivity contribution < 1.29 is 161 Å². The van der Waals surface area contributed by atoms with E-state index < -0.39 is 131 Å². The number of hydrogen-bond donors (Lipinski definition) is 10. The fourth-order valence-corrected chi connectivity index (χ4v) is 18.9. The summed E-state index contributed by atoms with van der Waals surface area (Å²) < 4.78 is 171. The van der Waals surface area contributed by atoms with Gasteiger partial charge in [0.1, 0.15) is 95.4 Å². The van der Waals surface area contributed by atoms with Gasteiger partial charge in [0, 0.05) is 52.1 Å². The topological polar surface area (TPSA) is 574 Å². The minimum Gasteiger partial charge on any atom is -0.449 e. The summed E-state index contributed by atoms with van der Waals surface area (Å²) in [6, 6.07) is 13.3. The van der Waals surface area contributed by atoms with Crippen LogP contribution in [0.2, 0.25) is 0 Å². The molecule has 824 valence electrons. The van der Waals surface area contributed by atoms with Gasteiger partial charge >= 0.3 is 6.09 Å². The largest absolute Gasteiger partial charge is 0.449 e. The molecule has 10 aliphatic rings. The summed E-state index contributed by atoms with van der Waals surface area (Å²) >= 11 is 0. The quantitative estimate of drug-likeness (QED) is 0.0154. The molecule has 1 aliphatic carbocycles. The number of fused-ring (bicyclic) bond motifs is 15. The van der Waals surface area contributed by atoms with E-state index in [0.29, 0.717) is 104 Å². The first kappa shape index (κ1) is 116. The highest BCUT2D eigenvalue weighted by atomic mass is 16.8. The number of rotatable bonds is 71. The number of amides is 6. The van der Waals surface area contributed by atoms with E-state index in [1.807, 2.05) is 90.1 Å². The van der Waals surface area contributed by atoms with Gasteiger partial charge in [-0.25, -0.2) is 21.2 Å². The maximum Gasteiger partial charge on any atom is 0.408 e. The van der Waals surface area contributed by atoms with E-state index >= 15 is 0 Å². The second kappa shape index (κ2) is 56.2. The third kappa shape index (κ3) is 34.0. The van der Waals surface area contributed by atoms with E-state index in [0.717, 1.165) is 22.3 Å². The van der Waals surface area contributed by atoms with E-state index in [2.05, 4.69) is 48.8 Å². The Morgan fingerprint density at radius 2 is 0.871 bits per heavy atom. The molecule has 9 aliphatic heterocycles. The minimum atomic E-state index is -1.43. The van der Waals surface area contributed by atoms with Gasteiger partial charge in [0.05, 0.1) is 255 Å². The maximum absolute atomic E-state index is 14.4. The van der Waals surface area contributed by atoms with Crippen LogP contribution in [-0.4, -0.2) is 418 Å². The smallest absolute Gasteiger partial charge is 0.408 e. The van der Waals surface area contributed by atoms with Crippen LogP contribution in [0.15, 0.2) is 91.2 Å². The van der Waals surface area contributed by atoms with E-state index in [-0.39, 0.29) is 219 Å². The fourth-order valence-electron chi connectivity index (χ4n) is 18.9. The third-order valence-corrected chi connectivity index (χ3v) is 25.5. The standard InChI is InChI=1S/C98H153N15O34/c1-11-76(107-91(119)135-55-75-73-21-16-14-19-71(73)72-20-15-17-22-74(72)75)87(118)103-24-18-12-13-23-77(117)108-95(56-132-52-68(99)49-111(101)25-28-120-31-34-123-37-40-126-43-46-129-59-96-62-136-88(145-96)78(104-65(2)114)81-84(96)142-92(5,6)139-81,57-133-53-69(100)50-112(102)26-29-121-32-35-124-38-41-127-44-47-130-60-97-63-137-89(146-97)79(105-66(3)115)82-85(97)143-93(7,8)140-82)58-134-54-70-51-113(110-109-70)27-30-122-33-36-125-39-42-128-45-48-131-61-98-64-138-90(147-98)80(106-67(4)116)83-86(98)144-94(9,10)141-83/h11,14-17,19-22,49-51,75-76,78-86,88-90H,1,12-13,18,23-48,52-64,99-102H2,2-10H3,(H,103,118)(H,104,114)(H,105,115)(H,106,116)(H,107,119)(H,108,117)/b68-49-,69-50-/t76-,78+,79+,80+,81+,82+,83+,84+,85+,86+,88-,89-,90-,96-,97-,98-/m0/s1. The number of nitrogens with zero attached hydrogens (tertiary/aromatic N) is 5. The summed E-state index contributed by atoms with van der Waals surface area (Å²) in [5.74, 6) is 8.39. The van der Waals surface area contributed by atoms with Gasteiger partial charge < -0.3 is 186 Å². The van der Waals surface area contributed by atoms with Crippen LogP contribution in [0.5, 0.6) is 0 Å². The Kier molecular flexibility index (Phi) is 44.2. The predicted molar refractivity (Wildman–Crippen MR) is 517 cm³/mol. The fraction of sp³-hybridized carbons (Fsp3) is 0.735. The van der Waals surface area contributed by atoms with Crippen molar-refractivity contribution in [1.82, 2.24) is 56.9 Å². The van der Waals surface area contributed by atoms with Gasteiger partial charge in [-0.3, -0.25) is 24.0 Å². The molecule has 9 fully saturated rings. The summed E-state index contributed by atoms with van der Waals surface area (Å²) in [7, 11) is 0. The van der Waals surface area contributed by atoms with E-state index in [9.17, 15) is 28.8 Å². The molecule has 49 nitrogen and oxygen atoms in total. The predicted octanol–water partition coefficient (Wildman–Crippen LogP) is 0.0539. The average Bonchev–Trinajstić information content (AvgIpc) is 1.57. The molecule has 1 aromatic heterocycles. The summed E-state index contributed by atoms with van der Waals surface area (Å²) in [5.41, 5.74) is 14.1.